The Morgan fingerprint density at radius 1 is 1.43 bits per heavy atom. The highest BCUT2D eigenvalue weighted by atomic mass is 32.2. The summed E-state index contributed by atoms with van der Waals surface area (Å²) in [5.74, 6) is 3.11. The molecule has 2 amide bonds. The summed E-state index contributed by atoms with van der Waals surface area (Å²) >= 11 is 1.63. The van der Waals surface area contributed by atoms with Crippen molar-refractivity contribution in [3.8, 4) is 0 Å². The summed E-state index contributed by atoms with van der Waals surface area (Å²) in [4.78, 5) is 30.4. The van der Waals surface area contributed by atoms with Gasteiger partial charge in [-0.25, -0.2) is 0 Å². The Kier molecular flexibility index (Phi) is 5.20. The van der Waals surface area contributed by atoms with E-state index in [1.807, 2.05) is 0 Å². The molecule has 0 spiro atoms. The first kappa shape index (κ1) is 16.3. The highest BCUT2D eigenvalue weighted by molar-refractivity contribution is 7.99. The van der Waals surface area contributed by atoms with Crippen LogP contribution in [0.1, 0.15) is 37.4 Å². The number of carbonyl (C=O) groups is 2. The maximum Gasteiger partial charge on any atom is 0.243 e. The molecule has 1 aliphatic carbocycles. The molecular formula is C15H22N4O3S. The van der Waals surface area contributed by atoms with Crippen molar-refractivity contribution in [1.29, 1.82) is 0 Å². The molecule has 1 saturated carbocycles. The van der Waals surface area contributed by atoms with Crippen molar-refractivity contribution in [2.75, 3.05) is 18.2 Å². The van der Waals surface area contributed by atoms with Crippen molar-refractivity contribution in [2.45, 2.75) is 45.1 Å². The third-order valence-corrected chi connectivity index (χ3v) is 5.13. The lowest BCUT2D eigenvalue weighted by molar-refractivity contribution is -0.138. The molecule has 0 bridgehead atoms. The summed E-state index contributed by atoms with van der Waals surface area (Å²) < 4.78 is 5.04. The lowest BCUT2D eigenvalue weighted by Gasteiger charge is -2.23. The summed E-state index contributed by atoms with van der Waals surface area (Å²) in [6.45, 7) is 2.52. The van der Waals surface area contributed by atoms with Crippen LogP contribution < -0.4 is 5.32 Å². The summed E-state index contributed by atoms with van der Waals surface area (Å²) in [6.07, 6.45) is 4.05. The Labute approximate surface area is 139 Å². The van der Waals surface area contributed by atoms with Gasteiger partial charge in [-0.3, -0.25) is 9.59 Å². The zero-order valence-corrected chi connectivity index (χ0v) is 14.1. The van der Waals surface area contributed by atoms with Crippen molar-refractivity contribution in [3.05, 3.63) is 11.7 Å². The maximum absolute atomic E-state index is 12.4. The zero-order chi connectivity index (χ0) is 16.2. The average molecular weight is 338 g/mol. The SMILES string of the molecule is Cc1noc(CCCC(=O)N2CSC[C@H]2C(=O)NCC2CC2)n1. The standard InChI is InChI=1S/C15H22N4O3S/c1-10-17-13(22-18-10)3-2-4-14(20)19-9-23-8-12(19)15(21)16-7-11-5-6-11/h11-12H,2-9H2,1H3,(H,16,21)/t12-/m0/s1. The molecule has 2 fully saturated rings. The minimum Gasteiger partial charge on any atom is -0.354 e. The second-order valence-corrected chi connectivity index (χ2v) is 7.16. The zero-order valence-electron chi connectivity index (χ0n) is 13.3. The fourth-order valence-corrected chi connectivity index (χ4v) is 3.75. The van der Waals surface area contributed by atoms with E-state index in [0.717, 1.165) is 6.54 Å². The molecule has 1 aromatic rings. The average Bonchev–Trinajstić information content (AvgIpc) is 3.05. The quantitative estimate of drug-likeness (QED) is 0.802. The van der Waals surface area contributed by atoms with Gasteiger partial charge < -0.3 is 14.7 Å². The highest BCUT2D eigenvalue weighted by Gasteiger charge is 2.34. The van der Waals surface area contributed by atoms with Gasteiger partial charge in [-0.2, -0.15) is 4.98 Å². The van der Waals surface area contributed by atoms with Gasteiger partial charge in [-0.1, -0.05) is 5.16 Å². The Balaban J connectivity index is 1.44. The van der Waals surface area contributed by atoms with Gasteiger partial charge in [0.1, 0.15) is 6.04 Å². The van der Waals surface area contributed by atoms with Crippen LogP contribution in [0, 0.1) is 12.8 Å². The molecule has 1 atom stereocenters. The molecule has 3 rings (SSSR count). The predicted molar refractivity (Wildman–Crippen MR) is 85.7 cm³/mol. The van der Waals surface area contributed by atoms with Gasteiger partial charge in [0.25, 0.3) is 0 Å². The largest absolute Gasteiger partial charge is 0.354 e. The van der Waals surface area contributed by atoms with Crippen LogP contribution in [-0.4, -0.2) is 51.1 Å². The Bertz CT molecular complexity index is 573. The number of thioether (sulfide) groups is 1. The summed E-state index contributed by atoms with van der Waals surface area (Å²) in [7, 11) is 0. The minimum absolute atomic E-state index is 0.0113. The van der Waals surface area contributed by atoms with E-state index in [-0.39, 0.29) is 17.9 Å². The van der Waals surface area contributed by atoms with Crippen LogP contribution in [0.3, 0.4) is 0 Å². The molecule has 0 unspecified atom stereocenters. The number of carbonyl (C=O) groups excluding carboxylic acids is 2. The Hall–Kier alpha value is -1.57. The fourth-order valence-electron chi connectivity index (χ4n) is 2.57. The van der Waals surface area contributed by atoms with E-state index in [2.05, 4.69) is 15.5 Å². The van der Waals surface area contributed by atoms with Crippen LogP contribution >= 0.6 is 11.8 Å². The summed E-state index contributed by atoms with van der Waals surface area (Å²) in [5.41, 5.74) is 0. The van der Waals surface area contributed by atoms with Gasteiger partial charge in [0.2, 0.25) is 17.7 Å². The maximum atomic E-state index is 12.4. The molecule has 2 aliphatic rings. The van der Waals surface area contributed by atoms with Crippen molar-refractivity contribution >= 4 is 23.6 Å². The second-order valence-electron chi connectivity index (χ2n) is 6.16. The number of rotatable bonds is 7. The van der Waals surface area contributed by atoms with Crippen molar-refractivity contribution in [2.24, 2.45) is 5.92 Å². The molecule has 0 aromatic carbocycles. The molecule has 1 aromatic heterocycles. The van der Waals surface area contributed by atoms with Gasteiger partial charge in [-0.15, -0.1) is 11.8 Å². The number of nitrogens with zero attached hydrogens (tertiary/aromatic N) is 3. The predicted octanol–water partition coefficient (Wildman–Crippen LogP) is 1.13. The van der Waals surface area contributed by atoms with E-state index in [9.17, 15) is 9.59 Å². The van der Waals surface area contributed by atoms with Crippen LogP contribution in [0.4, 0.5) is 0 Å². The van der Waals surface area contributed by atoms with E-state index in [1.165, 1.54) is 12.8 Å². The summed E-state index contributed by atoms with van der Waals surface area (Å²) in [5, 5.41) is 6.71. The molecule has 1 saturated heterocycles. The van der Waals surface area contributed by atoms with Gasteiger partial charge in [0.05, 0.1) is 5.88 Å². The van der Waals surface area contributed by atoms with Gasteiger partial charge in [-0.05, 0) is 32.1 Å². The van der Waals surface area contributed by atoms with E-state index < -0.39 is 0 Å². The third-order valence-electron chi connectivity index (χ3n) is 4.12. The number of aryl methyl sites for hydroxylation is 2. The number of amides is 2. The molecule has 7 nitrogen and oxygen atoms in total. The van der Waals surface area contributed by atoms with E-state index in [4.69, 9.17) is 4.52 Å². The smallest absolute Gasteiger partial charge is 0.243 e. The van der Waals surface area contributed by atoms with Crippen LogP contribution in [-0.2, 0) is 16.0 Å². The molecule has 1 aliphatic heterocycles. The van der Waals surface area contributed by atoms with Gasteiger partial charge in [0, 0.05) is 25.1 Å². The highest BCUT2D eigenvalue weighted by Crippen LogP contribution is 2.28. The molecule has 23 heavy (non-hydrogen) atoms. The molecular weight excluding hydrogens is 316 g/mol. The third kappa shape index (κ3) is 4.46. The lowest BCUT2D eigenvalue weighted by atomic mass is 10.2. The minimum atomic E-state index is -0.322. The fraction of sp³-hybridized carbons (Fsp3) is 0.733. The van der Waals surface area contributed by atoms with Gasteiger partial charge >= 0.3 is 0 Å². The van der Waals surface area contributed by atoms with Crippen molar-refractivity contribution < 1.29 is 14.1 Å². The Morgan fingerprint density at radius 3 is 2.96 bits per heavy atom. The molecule has 126 valence electrons. The van der Waals surface area contributed by atoms with Crippen molar-refractivity contribution in [1.82, 2.24) is 20.4 Å². The van der Waals surface area contributed by atoms with Crippen LogP contribution in [0.5, 0.6) is 0 Å². The lowest BCUT2D eigenvalue weighted by Crippen LogP contribution is -2.47. The van der Waals surface area contributed by atoms with Gasteiger partial charge in [0.15, 0.2) is 5.82 Å². The van der Waals surface area contributed by atoms with Crippen LogP contribution in [0.2, 0.25) is 0 Å². The number of hydrogen-bond acceptors (Lipinski definition) is 6. The number of aromatic nitrogens is 2. The van der Waals surface area contributed by atoms with E-state index >= 15 is 0 Å². The van der Waals surface area contributed by atoms with E-state index in [1.54, 1.807) is 23.6 Å². The summed E-state index contributed by atoms with van der Waals surface area (Å²) in [6, 6.07) is -0.322. The first-order chi connectivity index (χ1) is 11.1. The molecule has 2 heterocycles. The topological polar surface area (TPSA) is 88.3 Å². The second kappa shape index (κ2) is 7.33. The number of hydrogen-bond donors (Lipinski definition) is 1. The monoisotopic (exact) mass is 338 g/mol. The first-order valence-electron chi connectivity index (χ1n) is 8.07. The molecule has 8 heteroatoms. The normalized spacial score (nSPS) is 20.7. The molecule has 1 N–H and O–H groups in total. The van der Waals surface area contributed by atoms with Crippen LogP contribution in [0.25, 0.3) is 0 Å². The molecule has 0 radical (unpaired) electrons. The number of nitrogens with one attached hydrogen (secondary N) is 1. The van der Waals surface area contributed by atoms with Crippen LogP contribution in [0.15, 0.2) is 4.52 Å². The first-order valence-corrected chi connectivity index (χ1v) is 9.23. The Morgan fingerprint density at radius 2 is 2.26 bits per heavy atom. The van der Waals surface area contributed by atoms with Crippen molar-refractivity contribution in [3.63, 3.8) is 0 Å². The van der Waals surface area contributed by atoms with E-state index in [0.29, 0.717) is 48.5 Å².